The lowest BCUT2D eigenvalue weighted by Crippen LogP contribution is -2.19. The molecular formula is C17H20O4S. The summed E-state index contributed by atoms with van der Waals surface area (Å²) in [7, 11) is -3.69. The molecule has 0 aromatic heterocycles. The first-order valence-electron chi connectivity index (χ1n) is 7.12. The van der Waals surface area contributed by atoms with Crippen LogP contribution in [-0.4, -0.2) is 20.5 Å². The highest BCUT2D eigenvalue weighted by Gasteiger charge is 2.15. The molecule has 5 heteroatoms. The second kappa shape index (κ2) is 7.42. The summed E-state index contributed by atoms with van der Waals surface area (Å²) in [5.41, 5.74) is 2.08. The number of hydrogen-bond acceptors (Lipinski definition) is 4. The van der Waals surface area contributed by atoms with Gasteiger partial charge in [-0.3, -0.25) is 4.18 Å². The minimum Gasteiger partial charge on any atom is -0.475 e. The molecule has 0 heterocycles. The van der Waals surface area contributed by atoms with E-state index in [9.17, 15) is 8.42 Å². The molecule has 2 aromatic rings. The zero-order valence-electron chi connectivity index (χ0n) is 12.7. The van der Waals surface area contributed by atoms with Gasteiger partial charge in [-0.25, -0.2) is 0 Å². The predicted octanol–water partition coefficient (Wildman–Crippen LogP) is 3.37. The summed E-state index contributed by atoms with van der Waals surface area (Å²) in [6.07, 6.45) is 0.287. The maximum absolute atomic E-state index is 11.7. The van der Waals surface area contributed by atoms with Gasteiger partial charge in [0, 0.05) is 6.42 Å². The van der Waals surface area contributed by atoms with Crippen molar-refractivity contribution in [1.29, 1.82) is 0 Å². The first-order chi connectivity index (χ1) is 10.5. The van der Waals surface area contributed by atoms with E-state index in [4.69, 9.17) is 8.92 Å². The number of para-hydroxylation sites is 1. The van der Waals surface area contributed by atoms with Crippen molar-refractivity contribution in [2.45, 2.75) is 26.4 Å². The van der Waals surface area contributed by atoms with Gasteiger partial charge in [0.1, 0.15) is 5.75 Å². The second-order valence-corrected chi connectivity index (χ2v) is 6.78. The second-order valence-electron chi connectivity index (χ2n) is 5.23. The van der Waals surface area contributed by atoms with Crippen LogP contribution in [0.2, 0.25) is 0 Å². The van der Waals surface area contributed by atoms with Gasteiger partial charge < -0.3 is 4.74 Å². The summed E-state index contributed by atoms with van der Waals surface area (Å²) >= 11 is 0. The third-order valence-corrected chi connectivity index (χ3v) is 3.99. The van der Waals surface area contributed by atoms with Crippen molar-refractivity contribution in [2.75, 3.05) is 5.94 Å². The molecule has 0 fully saturated rings. The Labute approximate surface area is 131 Å². The highest BCUT2D eigenvalue weighted by molar-refractivity contribution is 7.86. The fraction of sp³-hybridized carbons (Fsp3) is 0.294. The minimum atomic E-state index is -3.69. The van der Waals surface area contributed by atoms with Gasteiger partial charge in [-0.15, -0.1) is 0 Å². The van der Waals surface area contributed by atoms with Crippen LogP contribution in [0, 0.1) is 0 Å². The van der Waals surface area contributed by atoms with E-state index < -0.39 is 22.2 Å². The maximum Gasteiger partial charge on any atom is 0.303 e. The van der Waals surface area contributed by atoms with Crippen LogP contribution >= 0.6 is 0 Å². The Morgan fingerprint density at radius 3 is 2.27 bits per heavy atom. The maximum atomic E-state index is 11.7. The first-order valence-corrected chi connectivity index (χ1v) is 8.69. The topological polar surface area (TPSA) is 52.6 Å². The smallest absolute Gasteiger partial charge is 0.303 e. The molecule has 0 aliphatic carbocycles. The van der Waals surface area contributed by atoms with E-state index in [1.165, 1.54) is 0 Å². The van der Waals surface area contributed by atoms with Crippen LogP contribution in [-0.2, 0) is 20.7 Å². The summed E-state index contributed by atoms with van der Waals surface area (Å²) in [6, 6.07) is 17.4. The highest BCUT2D eigenvalue weighted by atomic mass is 32.2. The molecule has 22 heavy (non-hydrogen) atoms. The standard InChI is InChI=1S/C17H20O4S/c1-14(2)21-22(18,19)13-20-17-11-7-6-10-16(17)12-15-8-4-3-5-9-15/h3-11,14H,12-13H2,1-2H3. The summed E-state index contributed by atoms with van der Waals surface area (Å²) in [4.78, 5) is 0. The molecule has 0 aliphatic heterocycles. The molecule has 0 bridgehead atoms. The van der Waals surface area contributed by atoms with E-state index in [2.05, 4.69) is 0 Å². The normalized spacial score (nSPS) is 11.6. The monoisotopic (exact) mass is 320 g/mol. The van der Waals surface area contributed by atoms with E-state index in [1.54, 1.807) is 19.9 Å². The zero-order valence-corrected chi connectivity index (χ0v) is 13.5. The van der Waals surface area contributed by atoms with Crippen molar-refractivity contribution in [3.8, 4) is 5.75 Å². The van der Waals surface area contributed by atoms with Gasteiger partial charge in [-0.1, -0.05) is 48.5 Å². The average Bonchev–Trinajstić information content (AvgIpc) is 2.46. The van der Waals surface area contributed by atoms with Gasteiger partial charge in [-0.2, -0.15) is 8.42 Å². The third-order valence-electron chi connectivity index (χ3n) is 2.91. The van der Waals surface area contributed by atoms with Crippen molar-refractivity contribution in [1.82, 2.24) is 0 Å². The minimum absolute atomic E-state index is 0.395. The molecule has 2 aromatic carbocycles. The molecule has 4 nitrogen and oxygen atoms in total. The Bertz CT molecular complexity index is 694. The Morgan fingerprint density at radius 1 is 0.955 bits per heavy atom. The Kier molecular flexibility index (Phi) is 5.57. The van der Waals surface area contributed by atoms with Gasteiger partial charge in [0.05, 0.1) is 6.10 Å². The van der Waals surface area contributed by atoms with Crippen molar-refractivity contribution in [2.24, 2.45) is 0 Å². The van der Waals surface area contributed by atoms with Gasteiger partial charge in [0.2, 0.25) is 5.94 Å². The van der Waals surface area contributed by atoms with Gasteiger partial charge in [0.15, 0.2) is 0 Å². The Balaban J connectivity index is 2.09. The number of benzene rings is 2. The zero-order chi connectivity index (χ0) is 16.0. The summed E-state index contributed by atoms with van der Waals surface area (Å²) in [6.45, 7) is 3.34. The van der Waals surface area contributed by atoms with Crippen LogP contribution in [0.15, 0.2) is 54.6 Å². The summed E-state index contributed by atoms with van der Waals surface area (Å²) < 4.78 is 33.8. The summed E-state index contributed by atoms with van der Waals surface area (Å²) in [5.74, 6) is 0.0686. The van der Waals surface area contributed by atoms with Crippen LogP contribution in [0.4, 0.5) is 0 Å². The quantitative estimate of drug-likeness (QED) is 0.734. The fourth-order valence-electron chi connectivity index (χ4n) is 2.06. The average molecular weight is 320 g/mol. The van der Waals surface area contributed by atoms with Crippen LogP contribution in [0.3, 0.4) is 0 Å². The molecule has 0 radical (unpaired) electrons. The van der Waals surface area contributed by atoms with Gasteiger partial charge in [-0.05, 0) is 31.0 Å². The Morgan fingerprint density at radius 2 is 1.59 bits per heavy atom. The number of ether oxygens (including phenoxy) is 1. The molecular weight excluding hydrogens is 300 g/mol. The number of hydrogen-bond donors (Lipinski definition) is 0. The molecule has 0 amide bonds. The fourth-order valence-corrected chi connectivity index (χ4v) is 2.98. The van der Waals surface area contributed by atoms with E-state index >= 15 is 0 Å². The molecule has 0 saturated heterocycles. The lowest BCUT2D eigenvalue weighted by atomic mass is 10.0. The molecule has 0 N–H and O–H groups in total. The van der Waals surface area contributed by atoms with Crippen molar-refractivity contribution >= 4 is 10.1 Å². The van der Waals surface area contributed by atoms with E-state index in [0.717, 1.165) is 11.1 Å². The first kappa shape index (κ1) is 16.5. The molecule has 0 spiro atoms. The van der Waals surface area contributed by atoms with Gasteiger partial charge >= 0.3 is 10.1 Å². The van der Waals surface area contributed by atoms with E-state index in [-0.39, 0.29) is 0 Å². The van der Waals surface area contributed by atoms with Gasteiger partial charge in [0.25, 0.3) is 0 Å². The Hall–Kier alpha value is -1.85. The van der Waals surface area contributed by atoms with Crippen LogP contribution in [0.5, 0.6) is 5.75 Å². The highest BCUT2D eigenvalue weighted by Crippen LogP contribution is 2.22. The molecule has 0 atom stereocenters. The van der Waals surface area contributed by atoms with E-state index in [0.29, 0.717) is 12.2 Å². The molecule has 0 unspecified atom stereocenters. The van der Waals surface area contributed by atoms with Crippen molar-refractivity contribution in [3.63, 3.8) is 0 Å². The molecule has 0 saturated carbocycles. The third kappa shape index (κ3) is 5.16. The molecule has 118 valence electrons. The predicted molar refractivity (Wildman–Crippen MR) is 86.3 cm³/mol. The summed E-state index contributed by atoms with van der Waals surface area (Å²) in [5, 5.41) is 0. The molecule has 2 rings (SSSR count). The van der Waals surface area contributed by atoms with Crippen LogP contribution in [0.1, 0.15) is 25.0 Å². The molecule has 0 aliphatic rings. The number of rotatable bonds is 7. The van der Waals surface area contributed by atoms with Crippen molar-refractivity contribution < 1.29 is 17.3 Å². The van der Waals surface area contributed by atoms with Crippen LogP contribution < -0.4 is 4.74 Å². The van der Waals surface area contributed by atoms with E-state index in [1.807, 2.05) is 48.5 Å². The lowest BCUT2D eigenvalue weighted by molar-refractivity contribution is 0.233. The van der Waals surface area contributed by atoms with Crippen LogP contribution in [0.25, 0.3) is 0 Å². The van der Waals surface area contributed by atoms with Crippen molar-refractivity contribution in [3.05, 3.63) is 65.7 Å². The lowest BCUT2D eigenvalue weighted by Gasteiger charge is -2.13. The largest absolute Gasteiger partial charge is 0.475 e. The SMILES string of the molecule is CC(C)OS(=O)(=O)COc1ccccc1Cc1ccccc1.